The zero-order valence-corrected chi connectivity index (χ0v) is 10.4. The minimum absolute atomic E-state index is 0.192. The van der Waals surface area contributed by atoms with Crippen molar-refractivity contribution < 1.29 is 9.84 Å². The number of morpholine rings is 1. The van der Waals surface area contributed by atoms with Crippen molar-refractivity contribution in [3.8, 4) is 0 Å². The second kappa shape index (κ2) is 5.45. The van der Waals surface area contributed by atoms with Crippen molar-refractivity contribution in [2.45, 2.75) is 51.0 Å². The molecular weight excluding hydrogens is 204 g/mol. The Morgan fingerprint density at radius 2 is 1.94 bits per heavy atom. The fourth-order valence-electron chi connectivity index (χ4n) is 2.79. The summed E-state index contributed by atoms with van der Waals surface area (Å²) in [6.45, 7) is 7.45. The minimum Gasteiger partial charge on any atom is -0.395 e. The molecule has 2 bridgehead atoms. The molecule has 94 valence electrons. The van der Waals surface area contributed by atoms with E-state index in [1.807, 2.05) is 0 Å². The van der Waals surface area contributed by atoms with Gasteiger partial charge in [0.2, 0.25) is 0 Å². The predicted molar refractivity (Wildman–Crippen MR) is 63.5 cm³/mol. The lowest BCUT2D eigenvalue weighted by atomic mass is 10.2. The van der Waals surface area contributed by atoms with Crippen molar-refractivity contribution in [2.75, 3.05) is 26.2 Å². The normalized spacial score (nSPS) is 32.2. The molecule has 0 spiro atoms. The Morgan fingerprint density at radius 3 is 2.44 bits per heavy atom. The summed E-state index contributed by atoms with van der Waals surface area (Å²) >= 11 is 0. The van der Waals surface area contributed by atoms with Gasteiger partial charge in [-0.25, -0.2) is 0 Å². The molecule has 2 rings (SSSR count). The number of likely N-dealkylation sites (tertiary alicyclic amines) is 1. The second-order valence-corrected chi connectivity index (χ2v) is 5.38. The molecule has 0 radical (unpaired) electrons. The van der Waals surface area contributed by atoms with Crippen LogP contribution in [-0.2, 0) is 4.74 Å². The van der Waals surface area contributed by atoms with E-state index in [0.717, 1.165) is 19.6 Å². The molecule has 2 aliphatic heterocycles. The maximum atomic E-state index is 9.33. The summed E-state index contributed by atoms with van der Waals surface area (Å²) in [6, 6.07) is 0.618. The fourth-order valence-corrected chi connectivity index (χ4v) is 2.79. The van der Waals surface area contributed by atoms with Crippen molar-refractivity contribution >= 4 is 0 Å². The van der Waals surface area contributed by atoms with Crippen molar-refractivity contribution in [1.29, 1.82) is 0 Å². The highest BCUT2D eigenvalue weighted by molar-refractivity contribution is 4.86. The maximum Gasteiger partial charge on any atom is 0.0707 e. The highest BCUT2D eigenvalue weighted by Crippen LogP contribution is 2.26. The Labute approximate surface area is 98.0 Å². The third kappa shape index (κ3) is 3.17. The van der Waals surface area contributed by atoms with Gasteiger partial charge >= 0.3 is 0 Å². The third-order valence-corrected chi connectivity index (χ3v) is 3.39. The van der Waals surface area contributed by atoms with Gasteiger partial charge in [0.05, 0.1) is 18.8 Å². The highest BCUT2D eigenvalue weighted by Gasteiger charge is 2.34. The van der Waals surface area contributed by atoms with Gasteiger partial charge in [0.15, 0.2) is 0 Å². The Hall–Kier alpha value is -0.160. The number of rotatable bonds is 5. The number of hydrogen-bond acceptors (Lipinski definition) is 4. The van der Waals surface area contributed by atoms with Crippen LogP contribution in [0.1, 0.15) is 26.7 Å². The monoisotopic (exact) mass is 228 g/mol. The predicted octanol–water partition coefficient (Wildman–Crippen LogP) is 0.209. The summed E-state index contributed by atoms with van der Waals surface area (Å²) < 4.78 is 5.80. The third-order valence-electron chi connectivity index (χ3n) is 3.39. The molecule has 0 amide bonds. The summed E-state index contributed by atoms with van der Waals surface area (Å²) in [5, 5.41) is 12.7. The topological polar surface area (TPSA) is 44.7 Å². The van der Waals surface area contributed by atoms with Crippen molar-refractivity contribution in [3.63, 3.8) is 0 Å². The molecule has 2 saturated heterocycles. The van der Waals surface area contributed by atoms with Gasteiger partial charge in [0.1, 0.15) is 0 Å². The first-order valence-electron chi connectivity index (χ1n) is 6.42. The molecule has 2 fully saturated rings. The zero-order valence-electron chi connectivity index (χ0n) is 10.4. The molecule has 2 aliphatic rings. The van der Waals surface area contributed by atoms with Gasteiger partial charge in [-0.3, -0.25) is 4.90 Å². The molecule has 2 heterocycles. The van der Waals surface area contributed by atoms with Crippen molar-refractivity contribution in [3.05, 3.63) is 0 Å². The summed E-state index contributed by atoms with van der Waals surface area (Å²) in [6.07, 6.45) is 3.31. The first kappa shape index (κ1) is 12.3. The molecule has 4 nitrogen and oxygen atoms in total. The van der Waals surface area contributed by atoms with E-state index in [-0.39, 0.29) is 12.6 Å². The van der Waals surface area contributed by atoms with Crippen LogP contribution in [0.25, 0.3) is 0 Å². The molecular formula is C12H24N2O2. The van der Waals surface area contributed by atoms with Crippen LogP contribution in [0.2, 0.25) is 0 Å². The number of ether oxygens (including phenoxy) is 1. The molecule has 4 heteroatoms. The molecule has 0 aromatic carbocycles. The molecule has 0 aliphatic carbocycles. The second-order valence-electron chi connectivity index (χ2n) is 5.38. The van der Waals surface area contributed by atoms with E-state index in [1.54, 1.807) is 0 Å². The molecule has 0 aromatic heterocycles. The molecule has 0 aromatic rings. The Kier molecular flexibility index (Phi) is 4.19. The summed E-state index contributed by atoms with van der Waals surface area (Å²) in [5.74, 6) is 0. The molecule has 16 heavy (non-hydrogen) atoms. The lowest BCUT2D eigenvalue weighted by Gasteiger charge is -2.34. The van der Waals surface area contributed by atoms with Crippen molar-refractivity contribution in [2.24, 2.45) is 0 Å². The lowest BCUT2D eigenvalue weighted by Crippen LogP contribution is -2.51. The fraction of sp³-hybridized carbons (Fsp3) is 1.00. The van der Waals surface area contributed by atoms with Crippen LogP contribution in [-0.4, -0.2) is 60.5 Å². The van der Waals surface area contributed by atoms with Gasteiger partial charge < -0.3 is 15.2 Å². The lowest BCUT2D eigenvalue weighted by molar-refractivity contribution is -0.0424. The summed E-state index contributed by atoms with van der Waals surface area (Å²) in [4.78, 5) is 2.43. The molecule has 3 unspecified atom stereocenters. The standard InChI is InChI=1S/C12H24N2O2/c1-9(2)13-10(8-15)5-14-6-11-3-4-12(7-14)16-11/h9-13,15H,3-8H2,1-2H3. The largest absolute Gasteiger partial charge is 0.395 e. The van der Waals surface area contributed by atoms with Crippen LogP contribution in [0, 0.1) is 0 Å². The molecule has 3 atom stereocenters. The number of nitrogens with zero attached hydrogens (tertiary/aromatic N) is 1. The number of fused-ring (bicyclic) bond motifs is 2. The van der Waals surface area contributed by atoms with E-state index in [4.69, 9.17) is 4.74 Å². The Bertz CT molecular complexity index is 211. The average molecular weight is 228 g/mol. The number of aliphatic hydroxyl groups is 1. The van der Waals surface area contributed by atoms with E-state index in [2.05, 4.69) is 24.1 Å². The van der Waals surface area contributed by atoms with Gasteiger partial charge in [-0.2, -0.15) is 0 Å². The minimum atomic E-state index is 0.192. The van der Waals surface area contributed by atoms with E-state index in [0.29, 0.717) is 18.2 Å². The number of nitrogens with one attached hydrogen (secondary N) is 1. The smallest absolute Gasteiger partial charge is 0.0707 e. The molecule has 2 N–H and O–H groups in total. The van der Waals surface area contributed by atoms with Gasteiger partial charge in [0, 0.05) is 31.7 Å². The van der Waals surface area contributed by atoms with Gasteiger partial charge in [-0.15, -0.1) is 0 Å². The molecule has 0 saturated carbocycles. The van der Waals surface area contributed by atoms with E-state index in [9.17, 15) is 5.11 Å². The van der Waals surface area contributed by atoms with E-state index >= 15 is 0 Å². The summed E-state index contributed by atoms with van der Waals surface area (Å²) in [5.41, 5.74) is 0. The van der Waals surface area contributed by atoms with Crippen LogP contribution >= 0.6 is 0 Å². The number of hydrogen-bond donors (Lipinski definition) is 2. The van der Waals surface area contributed by atoms with Gasteiger partial charge in [-0.05, 0) is 12.8 Å². The number of aliphatic hydroxyl groups excluding tert-OH is 1. The van der Waals surface area contributed by atoms with Crippen LogP contribution in [0.3, 0.4) is 0 Å². The Morgan fingerprint density at radius 1 is 1.31 bits per heavy atom. The van der Waals surface area contributed by atoms with Crippen LogP contribution in [0.5, 0.6) is 0 Å². The van der Waals surface area contributed by atoms with E-state index in [1.165, 1.54) is 12.8 Å². The van der Waals surface area contributed by atoms with E-state index < -0.39 is 0 Å². The SMILES string of the molecule is CC(C)NC(CO)CN1CC2CCC(C1)O2. The van der Waals surface area contributed by atoms with Gasteiger partial charge in [0.25, 0.3) is 0 Å². The zero-order chi connectivity index (χ0) is 11.5. The highest BCUT2D eigenvalue weighted by atomic mass is 16.5. The van der Waals surface area contributed by atoms with Gasteiger partial charge in [-0.1, -0.05) is 13.8 Å². The first-order chi connectivity index (χ1) is 7.67. The Balaban J connectivity index is 1.79. The van der Waals surface area contributed by atoms with Crippen LogP contribution in [0.4, 0.5) is 0 Å². The maximum absolute atomic E-state index is 9.33. The van der Waals surface area contributed by atoms with Crippen LogP contribution < -0.4 is 5.32 Å². The average Bonchev–Trinajstić information content (AvgIpc) is 2.56. The quantitative estimate of drug-likeness (QED) is 0.706. The van der Waals surface area contributed by atoms with Crippen molar-refractivity contribution in [1.82, 2.24) is 10.2 Å². The summed E-state index contributed by atoms with van der Waals surface area (Å²) in [7, 11) is 0. The first-order valence-corrected chi connectivity index (χ1v) is 6.42. The van der Waals surface area contributed by atoms with Crippen LogP contribution in [0.15, 0.2) is 0 Å².